The molecule has 6 heteroatoms. The lowest BCUT2D eigenvalue weighted by Crippen LogP contribution is -2.32. The highest BCUT2D eigenvalue weighted by Crippen LogP contribution is 2.09. The van der Waals surface area contributed by atoms with Crippen LogP contribution in [0.1, 0.15) is 19.3 Å². The molecule has 1 aromatic heterocycles. The highest BCUT2D eigenvalue weighted by molar-refractivity contribution is 7.80. The summed E-state index contributed by atoms with van der Waals surface area (Å²) in [7, 11) is 0. The fourth-order valence-electron chi connectivity index (χ4n) is 2.60. The number of hydrogen-bond donors (Lipinski definition) is 1. The van der Waals surface area contributed by atoms with Crippen LogP contribution in [0, 0.1) is 0 Å². The fourth-order valence-corrected chi connectivity index (χ4v) is 2.83. The molecular formula is C14H19N5S. The van der Waals surface area contributed by atoms with Crippen LogP contribution in [0.3, 0.4) is 0 Å². The van der Waals surface area contributed by atoms with E-state index in [9.17, 15) is 0 Å². The first-order valence-corrected chi connectivity index (χ1v) is 7.56. The summed E-state index contributed by atoms with van der Waals surface area (Å²) in [5.41, 5.74) is 1.82. The molecule has 1 aliphatic heterocycles. The molecule has 0 radical (unpaired) electrons. The van der Waals surface area contributed by atoms with E-state index < -0.39 is 0 Å². The zero-order valence-electron chi connectivity index (χ0n) is 11.5. The van der Waals surface area contributed by atoms with E-state index in [-0.39, 0.29) is 0 Å². The van der Waals surface area contributed by atoms with Crippen LogP contribution in [-0.2, 0) is 0 Å². The Morgan fingerprint density at radius 3 is 2.90 bits per heavy atom. The van der Waals surface area contributed by atoms with Gasteiger partial charge in [0.1, 0.15) is 5.52 Å². The quantitative estimate of drug-likeness (QED) is 0.685. The van der Waals surface area contributed by atoms with Crippen molar-refractivity contribution in [2.45, 2.75) is 19.3 Å². The minimum atomic E-state index is 0.625. The second-order valence-corrected chi connectivity index (χ2v) is 5.51. The largest absolute Gasteiger partial charge is 0.361 e. The smallest absolute Gasteiger partial charge is 0.196 e. The van der Waals surface area contributed by atoms with E-state index in [4.69, 9.17) is 12.2 Å². The molecule has 1 fully saturated rings. The summed E-state index contributed by atoms with van der Waals surface area (Å²) in [5, 5.41) is 12.1. The molecule has 0 amide bonds. The van der Waals surface area contributed by atoms with Gasteiger partial charge in [0.2, 0.25) is 0 Å². The van der Waals surface area contributed by atoms with E-state index in [0.717, 1.165) is 30.5 Å². The standard InChI is InChI=1S/C14H19N5S/c20-14(15-8-5-11-18-9-3-4-10-18)19-13-7-2-1-6-12(13)16-17-19/h1-2,6-7H,3-5,8-11H2,(H,15,20). The van der Waals surface area contributed by atoms with Crippen LogP contribution in [0.4, 0.5) is 0 Å². The van der Waals surface area contributed by atoms with Gasteiger partial charge in [-0.2, -0.15) is 4.68 Å². The van der Waals surface area contributed by atoms with Crippen LogP contribution in [0.5, 0.6) is 0 Å². The van der Waals surface area contributed by atoms with Crippen LogP contribution in [-0.4, -0.2) is 51.2 Å². The maximum absolute atomic E-state index is 5.39. The molecule has 0 spiro atoms. The molecule has 1 saturated heterocycles. The van der Waals surface area contributed by atoms with E-state index >= 15 is 0 Å². The highest BCUT2D eigenvalue weighted by Gasteiger charge is 2.11. The fraction of sp³-hybridized carbons (Fsp3) is 0.500. The lowest BCUT2D eigenvalue weighted by molar-refractivity contribution is 0.334. The third-order valence-corrected chi connectivity index (χ3v) is 3.99. The molecular weight excluding hydrogens is 270 g/mol. The van der Waals surface area contributed by atoms with Gasteiger partial charge in [0.05, 0.1) is 5.52 Å². The van der Waals surface area contributed by atoms with Gasteiger partial charge in [-0.25, -0.2) is 0 Å². The van der Waals surface area contributed by atoms with Gasteiger partial charge in [0.15, 0.2) is 5.11 Å². The molecule has 3 rings (SSSR count). The van der Waals surface area contributed by atoms with E-state index in [0.29, 0.717) is 5.11 Å². The number of thiocarbonyl (C=S) groups is 1. The predicted octanol–water partition coefficient (Wildman–Crippen LogP) is 1.64. The maximum atomic E-state index is 5.39. The number of hydrogen-bond acceptors (Lipinski definition) is 4. The van der Waals surface area contributed by atoms with Gasteiger partial charge in [0, 0.05) is 6.54 Å². The van der Waals surface area contributed by atoms with E-state index in [1.165, 1.54) is 25.9 Å². The Labute approximate surface area is 123 Å². The summed E-state index contributed by atoms with van der Waals surface area (Å²) in [5.74, 6) is 0. The van der Waals surface area contributed by atoms with Crippen molar-refractivity contribution in [3.63, 3.8) is 0 Å². The Bertz CT molecular complexity index is 588. The number of nitrogens with one attached hydrogen (secondary N) is 1. The normalized spacial score (nSPS) is 15.8. The summed E-state index contributed by atoms with van der Waals surface area (Å²) >= 11 is 5.39. The van der Waals surface area contributed by atoms with Crippen molar-refractivity contribution in [1.82, 2.24) is 25.2 Å². The number of rotatable bonds is 4. The molecule has 5 nitrogen and oxygen atoms in total. The molecule has 0 atom stereocenters. The average Bonchev–Trinajstić information content (AvgIpc) is 3.12. The number of para-hydroxylation sites is 1. The molecule has 1 aromatic carbocycles. The first-order chi connectivity index (χ1) is 9.84. The molecule has 0 saturated carbocycles. The topological polar surface area (TPSA) is 46.0 Å². The summed E-state index contributed by atoms with van der Waals surface area (Å²) in [6.45, 7) is 4.52. The highest BCUT2D eigenvalue weighted by atomic mass is 32.1. The summed E-state index contributed by atoms with van der Waals surface area (Å²) in [6.07, 6.45) is 3.79. The second-order valence-electron chi connectivity index (χ2n) is 5.12. The Morgan fingerprint density at radius 1 is 1.25 bits per heavy atom. The minimum absolute atomic E-state index is 0.625. The zero-order chi connectivity index (χ0) is 13.8. The van der Waals surface area contributed by atoms with Crippen LogP contribution >= 0.6 is 12.2 Å². The minimum Gasteiger partial charge on any atom is -0.361 e. The van der Waals surface area contributed by atoms with Gasteiger partial charge in [-0.05, 0) is 63.2 Å². The average molecular weight is 289 g/mol. The first-order valence-electron chi connectivity index (χ1n) is 7.15. The third-order valence-electron chi connectivity index (χ3n) is 3.67. The molecule has 20 heavy (non-hydrogen) atoms. The molecule has 106 valence electrons. The molecule has 0 aliphatic carbocycles. The van der Waals surface area contributed by atoms with Gasteiger partial charge in [-0.1, -0.05) is 17.3 Å². The molecule has 2 aromatic rings. The lowest BCUT2D eigenvalue weighted by atomic mass is 10.3. The van der Waals surface area contributed by atoms with Crippen molar-refractivity contribution in [1.29, 1.82) is 0 Å². The number of nitrogens with zero attached hydrogens (tertiary/aromatic N) is 4. The van der Waals surface area contributed by atoms with Gasteiger partial charge in [0.25, 0.3) is 0 Å². The second kappa shape index (κ2) is 6.28. The van der Waals surface area contributed by atoms with Crippen molar-refractivity contribution in [2.24, 2.45) is 0 Å². The van der Waals surface area contributed by atoms with Crippen molar-refractivity contribution in [3.05, 3.63) is 24.3 Å². The molecule has 1 aliphatic rings. The van der Waals surface area contributed by atoms with Crippen molar-refractivity contribution < 1.29 is 0 Å². The predicted molar refractivity (Wildman–Crippen MR) is 83.8 cm³/mol. The van der Waals surface area contributed by atoms with Crippen molar-refractivity contribution in [2.75, 3.05) is 26.2 Å². The SMILES string of the molecule is S=C(NCCCN1CCCC1)n1nnc2ccccc21. The van der Waals surface area contributed by atoms with Gasteiger partial charge >= 0.3 is 0 Å². The molecule has 0 unspecified atom stereocenters. The Balaban J connectivity index is 1.51. The van der Waals surface area contributed by atoms with Crippen molar-refractivity contribution in [3.8, 4) is 0 Å². The van der Waals surface area contributed by atoms with Gasteiger partial charge < -0.3 is 10.2 Å². The van der Waals surface area contributed by atoms with Gasteiger partial charge in [-0.3, -0.25) is 0 Å². The number of benzene rings is 1. The Kier molecular flexibility index (Phi) is 4.22. The van der Waals surface area contributed by atoms with Crippen LogP contribution in [0.15, 0.2) is 24.3 Å². The Hall–Kier alpha value is -1.53. The lowest BCUT2D eigenvalue weighted by Gasteiger charge is -2.14. The molecule has 1 N–H and O–H groups in total. The third kappa shape index (κ3) is 2.96. The van der Waals surface area contributed by atoms with E-state index in [1.807, 2.05) is 24.3 Å². The van der Waals surface area contributed by atoms with Crippen molar-refractivity contribution >= 4 is 28.4 Å². The molecule has 0 bridgehead atoms. The maximum Gasteiger partial charge on any atom is 0.196 e. The summed E-state index contributed by atoms with van der Waals surface area (Å²) < 4.78 is 1.69. The van der Waals surface area contributed by atoms with Crippen LogP contribution < -0.4 is 5.32 Å². The number of aromatic nitrogens is 3. The van der Waals surface area contributed by atoms with Crippen LogP contribution in [0.2, 0.25) is 0 Å². The van der Waals surface area contributed by atoms with E-state index in [2.05, 4.69) is 20.5 Å². The molecule has 2 heterocycles. The zero-order valence-corrected chi connectivity index (χ0v) is 12.3. The van der Waals surface area contributed by atoms with E-state index in [1.54, 1.807) is 4.68 Å². The first kappa shape index (κ1) is 13.5. The number of likely N-dealkylation sites (tertiary alicyclic amines) is 1. The van der Waals surface area contributed by atoms with Gasteiger partial charge in [-0.15, -0.1) is 5.10 Å². The van der Waals surface area contributed by atoms with Crippen LogP contribution in [0.25, 0.3) is 11.0 Å². The summed E-state index contributed by atoms with van der Waals surface area (Å²) in [4.78, 5) is 2.51. The summed E-state index contributed by atoms with van der Waals surface area (Å²) in [6, 6.07) is 7.84. The Morgan fingerprint density at radius 2 is 2.05 bits per heavy atom. The monoisotopic (exact) mass is 289 g/mol. The number of fused-ring (bicyclic) bond motifs is 1.